The molecule has 0 aliphatic rings. The number of aliphatic hydroxyl groups is 3. The minimum atomic E-state index is -1.11. The number of aliphatic hydroxyl groups excluding tert-OH is 3. The molecule has 2 aromatic rings. The minimum absolute atomic E-state index is 0.0160. The van der Waals surface area contributed by atoms with Gasteiger partial charge in [0.05, 0.1) is 6.61 Å². The van der Waals surface area contributed by atoms with Crippen LogP contribution >= 0.6 is 0 Å². The summed E-state index contributed by atoms with van der Waals surface area (Å²) in [6.45, 7) is 9.99. The highest BCUT2D eigenvalue weighted by Gasteiger charge is 2.12. The van der Waals surface area contributed by atoms with E-state index in [1.165, 1.54) is 6.92 Å². The largest absolute Gasteiger partial charge is 0.491 e. The first-order chi connectivity index (χ1) is 16.2. The fourth-order valence-corrected chi connectivity index (χ4v) is 2.61. The van der Waals surface area contributed by atoms with Crippen LogP contribution in [0.3, 0.4) is 0 Å². The summed E-state index contributed by atoms with van der Waals surface area (Å²) < 4.78 is 21.1. The van der Waals surface area contributed by atoms with Crippen LogP contribution in [0.15, 0.2) is 72.8 Å². The smallest absolute Gasteiger partial charge is 0.333 e. The second-order valence-electron chi connectivity index (χ2n) is 7.89. The molecule has 0 fully saturated rings. The van der Waals surface area contributed by atoms with Crippen molar-refractivity contribution in [1.82, 2.24) is 0 Å². The third kappa shape index (κ3) is 9.36. The second kappa shape index (κ2) is 13.5. The van der Waals surface area contributed by atoms with Gasteiger partial charge in [-0.25, -0.2) is 4.79 Å². The van der Waals surface area contributed by atoms with Gasteiger partial charge < -0.3 is 34.3 Å². The van der Waals surface area contributed by atoms with Gasteiger partial charge in [-0.2, -0.15) is 0 Å². The van der Waals surface area contributed by atoms with E-state index >= 15 is 0 Å². The summed E-state index contributed by atoms with van der Waals surface area (Å²) >= 11 is 0. The van der Waals surface area contributed by atoms with Gasteiger partial charge in [-0.1, -0.05) is 37.4 Å². The summed E-state index contributed by atoms with van der Waals surface area (Å²) in [5, 5.41) is 29.3. The van der Waals surface area contributed by atoms with Gasteiger partial charge in [-0.3, -0.25) is 0 Å². The summed E-state index contributed by atoms with van der Waals surface area (Å²) in [6, 6.07) is 14.7. The van der Waals surface area contributed by atoms with Crippen LogP contribution in [-0.2, 0) is 14.3 Å². The quantitative estimate of drug-likeness (QED) is 0.166. The number of carbonyl (C=O) groups excluding carboxylic acids is 1. The van der Waals surface area contributed by atoms with Crippen molar-refractivity contribution in [3.8, 4) is 22.6 Å². The van der Waals surface area contributed by atoms with Crippen molar-refractivity contribution < 1.29 is 39.1 Å². The molecule has 3 unspecified atom stereocenters. The van der Waals surface area contributed by atoms with E-state index in [0.717, 1.165) is 11.1 Å². The molecule has 2 aromatic carbocycles. The number of ether oxygens (including phenoxy) is 4. The van der Waals surface area contributed by atoms with Gasteiger partial charge in [0.15, 0.2) is 6.29 Å². The maximum Gasteiger partial charge on any atom is 0.333 e. The molecule has 0 radical (unpaired) electrons. The van der Waals surface area contributed by atoms with Crippen molar-refractivity contribution in [1.29, 1.82) is 0 Å². The van der Waals surface area contributed by atoms with Gasteiger partial charge in [0.2, 0.25) is 0 Å². The van der Waals surface area contributed by atoms with E-state index in [4.69, 9.17) is 18.9 Å². The Morgan fingerprint density at radius 1 is 0.765 bits per heavy atom. The molecule has 0 bridgehead atoms. The Morgan fingerprint density at radius 3 is 1.62 bits per heavy atom. The van der Waals surface area contributed by atoms with Crippen molar-refractivity contribution in [3.05, 3.63) is 72.8 Å². The molecule has 8 heteroatoms. The first kappa shape index (κ1) is 27.1. The predicted molar refractivity (Wildman–Crippen MR) is 127 cm³/mol. The van der Waals surface area contributed by atoms with Gasteiger partial charge in [-0.05, 0) is 54.8 Å². The zero-order valence-corrected chi connectivity index (χ0v) is 19.5. The summed E-state index contributed by atoms with van der Waals surface area (Å²) in [5.41, 5.74) is 2.64. The lowest BCUT2D eigenvalue weighted by atomic mass is 10.1. The van der Waals surface area contributed by atoms with Crippen LogP contribution in [0.4, 0.5) is 0 Å². The van der Waals surface area contributed by atoms with Crippen LogP contribution in [0, 0.1) is 0 Å². The highest BCUT2D eigenvalue weighted by Crippen LogP contribution is 2.25. The third-order valence-corrected chi connectivity index (χ3v) is 4.55. The van der Waals surface area contributed by atoms with Crippen molar-refractivity contribution in [3.63, 3.8) is 0 Å². The van der Waals surface area contributed by atoms with E-state index in [1.54, 1.807) is 31.2 Å². The molecule has 3 N–H and O–H groups in total. The standard InChI is InChI=1S/C26H32O8/c1-17(2)25(29)33-15-21(27)13-31-23-9-5-19(6-10-23)20-7-11-24(12-8-20)32-14-22(28)16-34-26(30)18(3)4/h5-12,21-22,25,27-29H,1,3,13-16H2,2,4H3. The monoisotopic (exact) mass is 472 g/mol. The van der Waals surface area contributed by atoms with Gasteiger partial charge in [-0.15, -0.1) is 0 Å². The zero-order valence-electron chi connectivity index (χ0n) is 19.5. The predicted octanol–water partition coefficient (Wildman–Crippen LogP) is 2.86. The molecule has 3 atom stereocenters. The Labute approximate surface area is 199 Å². The first-order valence-corrected chi connectivity index (χ1v) is 10.8. The van der Waals surface area contributed by atoms with Crippen LogP contribution in [0.1, 0.15) is 13.8 Å². The molecule has 2 rings (SSSR count). The Morgan fingerprint density at radius 2 is 1.21 bits per heavy atom. The number of esters is 1. The number of carbonyl (C=O) groups is 1. The Balaban J connectivity index is 1.78. The summed E-state index contributed by atoms with van der Waals surface area (Å²) in [7, 11) is 0. The van der Waals surface area contributed by atoms with Crippen LogP contribution in [0.5, 0.6) is 11.5 Å². The van der Waals surface area contributed by atoms with Gasteiger partial charge >= 0.3 is 5.97 Å². The topological polar surface area (TPSA) is 115 Å². The number of hydrogen-bond donors (Lipinski definition) is 3. The van der Waals surface area contributed by atoms with Crippen molar-refractivity contribution in [2.45, 2.75) is 32.3 Å². The number of rotatable bonds is 14. The maximum absolute atomic E-state index is 11.3. The Kier molecular flexibility index (Phi) is 10.8. The average molecular weight is 473 g/mol. The summed E-state index contributed by atoms with van der Waals surface area (Å²) in [6.07, 6.45) is -2.95. The lowest BCUT2D eigenvalue weighted by molar-refractivity contribution is -0.142. The normalized spacial score (nSPS) is 13.4. The molecule has 0 spiro atoms. The van der Waals surface area contributed by atoms with Gasteiger partial charge in [0.25, 0.3) is 0 Å². The van der Waals surface area contributed by atoms with Crippen LogP contribution in [0.25, 0.3) is 11.1 Å². The Hall–Kier alpha value is -3.17. The van der Waals surface area contributed by atoms with Crippen molar-refractivity contribution in [2.75, 3.05) is 26.4 Å². The van der Waals surface area contributed by atoms with E-state index < -0.39 is 24.5 Å². The molecule has 0 amide bonds. The summed E-state index contributed by atoms with van der Waals surface area (Å²) in [5.74, 6) is 0.606. The molecule has 0 saturated heterocycles. The first-order valence-electron chi connectivity index (χ1n) is 10.8. The molecular formula is C26H32O8. The van der Waals surface area contributed by atoms with Gasteiger partial charge in [0, 0.05) is 5.57 Å². The van der Waals surface area contributed by atoms with Crippen LogP contribution in [-0.4, -0.2) is 66.2 Å². The van der Waals surface area contributed by atoms with Gasteiger partial charge in [0.1, 0.15) is 43.5 Å². The SMILES string of the molecule is C=C(C)C(=O)OCC(O)COc1ccc(-c2ccc(OCC(O)COC(O)C(=C)C)cc2)cc1. The lowest BCUT2D eigenvalue weighted by Gasteiger charge is -2.16. The van der Waals surface area contributed by atoms with Crippen molar-refractivity contribution >= 4 is 5.97 Å². The maximum atomic E-state index is 11.3. The fourth-order valence-electron chi connectivity index (χ4n) is 2.61. The van der Waals surface area contributed by atoms with E-state index in [1.807, 2.05) is 24.3 Å². The third-order valence-electron chi connectivity index (χ3n) is 4.55. The molecule has 0 heterocycles. The Bertz CT molecular complexity index is 936. The van der Waals surface area contributed by atoms with Crippen LogP contribution < -0.4 is 9.47 Å². The van der Waals surface area contributed by atoms with Crippen LogP contribution in [0.2, 0.25) is 0 Å². The summed E-state index contributed by atoms with van der Waals surface area (Å²) in [4.78, 5) is 11.3. The molecule has 0 saturated carbocycles. The zero-order chi connectivity index (χ0) is 25.1. The molecule has 0 aliphatic carbocycles. The number of hydrogen-bond acceptors (Lipinski definition) is 8. The molecule has 0 aliphatic heterocycles. The highest BCUT2D eigenvalue weighted by molar-refractivity contribution is 5.86. The van der Waals surface area contributed by atoms with E-state index in [2.05, 4.69) is 13.2 Å². The van der Waals surface area contributed by atoms with E-state index in [-0.39, 0.29) is 32.0 Å². The molecular weight excluding hydrogens is 440 g/mol. The minimum Gasteiger partial charge on any atom is -0.491 e. The molecule has 8 nitrogen and oxygen atoms in total. The molecule has 34 heavy (non-hydrogen) atoms. The second-order valence-corrected chi connectivity index (χ2v) is 7.89. The van der Waals surface area contributed by atoms with E-state index in [0.29, 0.717) is 17.1 Å². The molecule has 184 valence electrons. The highest BCUT2D eigenvalue weighted by atomic mass is 16.6. The molecule has 0 aromatic heterocycles. The number of benzene rings is 2. The van der Waals surface area contributed by atoms with Crippen molar-refractivity contribution in [2.24, 2.45) is 0 Å². The lowest BCUT2D eigenvalue weighted by Crippen LogP contribution is -2.27. The average Bonchev–Trinajstić information content (AvgIpc) is 2.83. The fraction of sp³-hybridized carbons (Fsp3) is 0.346. The van der Waals surface area contributed by atoms with E-state index in [9.17, 15) is 20.1 Å².